The second-order valence-electron chi connectivity index (χ2n) is 5.68. The highest BCUT2D eigenvalue weighted by atomic mass is 16.1. The van der Waals surface area contributed by atoms with Crippen molar-refractivity contribution in [2.75, 3.05) is 0 Å². The molecule has 113 valence electrons. The number of carbonyl (C=O) groups excluding carboxylic acids is 1. The van der Waals surface area contributed by atoms with E-state index < -0.39 is 0 Å². The lowest BCUT2D eigenvalue weighted by Crippen LogP contribution is -2.03. The van der Waals surface area contributed by atoms with E-state index in [1.807, 2.05) is 60.7 Å². The maximum atomic E-state index is 12.9. The Balaban J connectivity index is 1.93. The van der Waals surface area contributed by atoms with Gasteiger partial charge in [0.15, 0.2) is 5.78 Å². The van der Waals surface area contributed by atoms with Gasteiger partial charge < -0.3 is 0 Å². The molecule has 0 unspecified atom stereocenters. The van der Waals surface area contributed by atoms with Crippen LogP contribution in [0, 0.1) is 6.07 Å². The lowest BCUT2D eigenvalue weighted by atomic mass is 9.91. The highest BCUT2D eigenvalue weighted by molar-refractivity contribution is 6.14. The van der Waals surface area contributed by atoms with E-state index in [0.29, 0.717) is 11.1 Å². The molecule has 1 radical (unpaired) electrons. The number of fused-ring (bicyclic) bond motifs is 1. The molecule has 0 saturated heterocycles. The normalized spacial score (nSPS) is 10.7. The van der Waals surface area contributed by atoms with E-state index in [1.165, 1.54) is 0 Å². The summed E-state index contributed by atoms with van der Waals surface area (Å²) >= 11 is 0. The second kappa shape index (κ2) is 6.13. The number of ketones is 1. The summed E-state index contributed by atoms with van der Waals surface area (Å²) < 4.78 is 0. The minimum absolute atomic E-state index is 0.000802. The van der Waals surface area contributed by atoms with Crippen LogP contribution >= 0.6 is 0 Å². The van der Waals surface area contributed by atoms with Gasteiger partial charge in [-0.1, -0.05) is 91.0 Å². The SMILES string of the molecule is O=C(c1ccccc1)c1[c]cccc1-c1cccc2ccccc12. The van der Waals surface area contributed by atoms with Crippen LogP contribution in [0.4, 0.5) is 0 Å². The third-order valence-electron chi connectivity index (χ3n) is 4.20. The van der Waals surface area contributed by atoms with Crippen molar-refractivity contribution in [1.29, 1.82) is 0 Å². The van der Waals surface area contributed by atoms with Gasteiger partial charge in [0, 0.05) is 11.1 Å². The molecule has 0 heterocycles. The molecular weight excluding hydrogens is 292 g/mol. The first kappa shape index (κ1) is 14.4. The summed E-state index contributed by atoms with van der Waals surface area (Å²) in [7, 11) is 0. The highest BCUT2D eigenvalue weighted by Crippen LogP contribution is 2.31. The smallest absolute Gasteiger partial charge is 0.194 e. The summed E-state index contributed by atoms with van der Waals surface area (Å²) in [5, 5.41) is 2.30. The maximum Gasteiger partial charge on any atom is 0.194 e. The van der Waals surface area contributed by atoms with Crippen LogP contribution in [0.3, 0.4) is 0 Å². The van der Waals surface area contributed by atoms with Gasteiger partial charge in [0.1, 0.15) is 0 Å². The maximum absolute atomic E-state index is 12.9. The molecule has 0 spiro atoms. The summed E-state index contributed by atoms with van der Waals surface area (Å²) in [4.78, 5) is 12.9. The zero-order chi connectivity index (χ0) is 16.4. The van der Waals surface area contributed by atoms with Gasteiger partial charge in [0.05, 0.1) is 0 Å². The van der Waals surface area contributed by atoms with Crippen LogP contribution in [0.1, 0.15) is 15.9 Å². The highest BCUT2D eigenvalue weighted by Gasteiger charge is 2.15. The molecule has 0 aliphatic rings. The Bertz CT molecular complexity index is 1010. The van der Waals surface area contributed by atoms with Gasteiger partial charge in [-0.2, -0.15) is 0 Å². The third kappa shape index (κ3) is 2.50. The lowest BCUT2D eigenvalue weighted by Gasteiger charge is -2.11. The van der Waals surface area contributed by atoms with E-state index >= 15 is 0 Å². The topological polar surface area (TPSA) is 17.1 Å². The van der Waals surface area contributed by atoms with E-state index in [2.05, 4.69) is 30.3 Å². The first-order valence-electron chi connectivity index (χ1n) is 7.93. The van der Waals surface area contributed by atoms with Crippen LogP contribution in [-0.4, -0.2) is 5.78 Å². The molecule has 24 heavy (non-hydrogen) atoms. The standard InChI is InChI=1S/C23H15O/c24-23(18-10-2-1-3-11-18)22-15-7-6-14-21(22)20-16-8-12-17-9-4-5-13-19(17)20/h1-14,16H. The predicted molar refractivity (Wildman–Crippen MR) is 98.1 cm³/mol. The first-order chi connectivity index (χ1) is 11.8. The average Bonchev–Trinajstić information content (AvgIpc) is 2.68. The Morgan fingerprint density at radius 1 is 0.667 bits per heavy atom. The Hall–Kier alpha value is -3.19. The molecule has 0 fully saturated rings. The van der Waals surface area contributed by atoms with Crippen molar-refractivity contribution in [3.8, 4) is 11.1 Å². The van der Waals surface area contributed by atoms with Crippen molar-refractivity contribution in [2.24, 2.45) is 0 Å². The summed E-state index contributed by atoms with van der Waals surface area (Å²) in [6.07, 6.45) is 0. The summed E-state index contributed by atoms with van der Waals surface area (Å²) in [5.74, 6) is -0.000802. The fourth-order valence-corrected chi connectivity index (χ4v) is 3.04. The van der Waals surface area contributed by atoms with Crippen molar-refractivity contribution in [3.05, 3.63) is 108 Å². The van der Waals surface area contributed by atoms with Gasteiger partial charge in [-0.05, 0) is 28.0 Å². The molecular formula is C23H15O. The van der Waals surface area contributed by atoms with Crippen LogP contribution in [0.2, 0.25) is 0 Å². The van der Waals surface area contributed by atoms with E-state index in [9.17, 15) is 4.79 Å². The minimum atomic E-state index is -0.000802. The molecule has 4 aromatic carbocycles. The van der Waals surface area contributed by atoms with Gasteiger partial charge >= 0.3 is 0 Å². The predicted octanol–water partition coefficient (Wildman–Crippen LogP) is 5.54. The number of benzene rings is 4. The molecule has 0 atom stereocenters. The fraction of sp³-hybridized carbons (Fsp3) is 0. The second-order valence-corrected chi connectivity index (χ2v) is 5.68. The lowest BCUT2D eigenvalue weighted by molar-refractivity contribution is 0.103. The monoisotopic (exact) mass is 307 g/mol. The third-order valence-corrected chi connectivity index (χ3v) is 4.20. The summed E-state index contributed by atoms with van der Waals surface area (Å²) in [6, 6.07) is 32.6. The molecule has 0 aliphatic carbocycles. The van der Waals surface area contributed by atoms with Gasteiger partial charge in [0.2, 0.25) is 0 Å². The molecule has 0 amide bonds. The molecule has 0 aliphatic heterocycles. The molecule has 0 bridgehead atoms. The zero-order valence-electron chi connectivity index (χ0n) is 13.1. The number of rotatable bonds is 3. The minimum Gasteiger partial charge on any atom is -0.289 e. The van der Waals surface area contributed by atoms with Gasteiger partial charge in [0.25, 0.3) is 0 Å². The van der Waals surface area contributed by atoms with Gasteiger partial charge in [-0.25, -0.2) is 0 Å². The molecule has 1 heteroatoms. The van der Waals surface area contributed by atoms with Crippen molar-refractivity contribution < 1.29 is 4.79 Å². The molecule has 0 N–H and O–H groups in total. The summed E-state index contributed by atoms with van der Waals surface area (Å²) in [6.45, 7) is 0. The van der Waals surface area contributed by atoms with Crippen LogP contribution in [-0.2, 0) is 0 Å². The Labute approximate surface area is 141 Å². The molecule has 0 aromatic heterocycles. The molecule has 0 saturated carbocycles. The molecule has 1 nitrogen and oxygen atoms in total. The average molecular weight is 307 g/mol. The Kier molecular flexibility index (Phi) is 3.68. The molecule has 4 aromatic rings. The number of hydrogen-bond acceptors (Lipinski definition) is 1. The van der Waals surface area contributed by atoms with Crippen molar-refractivity contribution in [1.82, 2.24) is 0 Å². The number of hydrogen-bond donors (Lipinski definition) is 0. The van der Waals surface area contributed by atoms with Crippen molar-refractivity contribution in [2.45, 2.75) is 0 Å². The van der Waals surface area contributed by atoms with Crippen LogP contribution < -0.4 is 0 Å². The summed E-state index contributed by atoms with van der Waals surface area (Å²) in [5.41, 5.74) is 3.27. The van der Waals surface area contributed by atoms with E-state index in [1.54, 1.807) is 6.07 Å². The number of carbonyl (C=O) groups is 1. The van der Waals surface area contributed by atoms with Gasteiger partial charge in [-0.3, -0.25) is 4.79 Å². The van der Waals surface area contributed by atoms with Crippen molar-refractivity contribution >= 4 is 16.6 Å². The van der Waals surface area contributed by atoms with Crippen molar-refractivity contribution in [3.63, 3.8) is 0 Å². The largest absolute Gasteiger partial charge is 0.289 e. The Morgan fingerprint density at radius 2 is 1.38 bits per heavy atom. The van der Waals surface area contributed by atoms with Crippen LogP contribution in [0.25, 0.3) is 21.9 Å². The Morgan fingerprint density at radius 3 is 2.25 bits per heavy atom. The zero-order valence-corrected chi connectivity index (χ0v) is 13.1. The van der Waals surface area contributed by atoms with E-state index in [-0.39, 0.29) is 5.78 Å². The van der Waals surface area contributed by atoms with E-state index in [0.717, 1.165) is 21.9 Å². The quantitative estimate of drug-likeness (QED) is 0.454. The van der Waals surface area contributed by atoms with Crippen LogP contribution in [0.5, 0.6) is 0 Å². The fourth-order valence-electron chi connectivity index (χ4n) is 3.04. The van der Waals surface area contributed by atoms with Crippen LogP contribution in [0.15, 0.2) is 91.0 Å². The first-order valence-corrected chi connectivity index (χ1v) is 7.93. The van der Waals surface area contributed by atoms with E-state index in [4.69, 9.17) is 0 Å². The van der Waals surface area contributed by atoms with Gasteiger partial charge in [-0.15, -0.1) is 0 Å². The molecule has 4 rings (SSSR count).